The number of fused-ring (bicyclic) bond motifs is 1. The fraction of sp³-hybridized carbons (Fsp3) is 0.250. The van der Waals surface area contributed by atoms with Crippen LogP contribution < -0.4 is 9.47 Å². The summed E-state index contributed by atoms with van der Waals surface area (Å²) in [7, 11) is 1.41. The molecule has 36 heavy (non-hydrogen) atoms. The second-order valence-corrected chi connectivity index (χ2v) is 8.56. The highest BCUT2D eigenvalue weighted by atomic mass is 19.1. The number of amides is 1. The van der Waals surface area contributed by atoms with Crippen molar-refractivity contribution < 1.29 is 18.7 Å². The van der Waals surface area contributed by atoms with Crippen molar-refractivity contribution in [3.8, 4) is 40.3 Å². The van der Waals surface area contributed by atoms with Gasteiger partial charge in [-0.3, -0.25) is 14.2 Å². The van der Waals surface area contributed by atoms with Crippen LogP contribution in [0.5, 0.6) is 17.2 Å². The number of ether oxygens (including phenoxy) is 2. The third-order valence-electron chi connectivity index (χ3n) is 6.34. The van der Waals surface area contributed by atoms with Crippen molar-refractivity contribution >= 4 is 11.4 Å². The van der Waals surface area contributed by atoms with Crippen LogP contribution in [0.2, 0.25) is 0 Å². The van der Waals surface area contributed by atoms with Crippen LogP contribution in [0.3, 0.4) is 0 Å². The first-order chi connectivity index (χ1) is 17.5. The molecule has 0 N–H and O–H groups in total. The maximum absolute atomic E-state index is 14.5. The number of imidazole rings is 1. The Morgan fingerprint density at radius 2 is 1.94 bits per heavy atom. The van der Waals surface area contributed by atoms with E-state index < -0.39 is 5.82 Å². The summed E-state index contributed by atoms with van der Waals surface area (Å²) in [4.78, 5) is 23.5. The van der Waals surface area contributed by atoms with Crippen LogP contribution >= 0.6 is 0 Å². The Hall–Kier alpha value is -4.38. The van der Waals surface area contributed by atoms with Crippen molar-refractivity contribution in [2.45, 2.75) is 26.2 Å². The lowest BCUT2D eigenvalue weighted by molar-refractivity contribution is -0.124. The normalized spacial score (nSPS) is 15.0. The minimum absolute atomic E-state index is 0.0879. The second kappa shape index (κ2) is 9.70. The molecule has 8 heteroatoms. The standard InChI is InChI=1S/C28H25FN4O3/c1-4-6-24(34)32-15-13-20(17-32)28-31-26(27-18(2)30-14-16-33(27)28)19-9-11-21(12-10-19)36-23-8-5-7-22(35-3)25(23)29/h5,7-12,14,16,20H,13,15,17H2,1-3H3/t20-/m1/s1. The summed E-state index contributed by atoms with van der Waals surface area (Å²) in [6.07, 6.45) is 4.49. The predicted octanol–water partition coefficient (Wildman–Crippen LogP) is 4.98. The van der Waals surface area contributed by atoms with E-state index in [1.54, 1.807) is 48.4 Å². The Morgan fingerprint density at radius 3 is 2.69 bits per heavy atom. The molecule has 0 radical (unpaired) electrons. The van der Waals surface area contributed by atoms with Crippen molar-refractivity contribution in [2.24, 2.45) is 0 Å². The molecule has 0 unspecified atom stereocenters. The van der Waals surface area contributed by atoms with Gasteiger partial charge in [0.15, 0.2) is 11.5 Å². The van der Waals surface area contributed by atoms with Crippen LogP contribution in [0.25, 0.3) is 16.8 Å². The zero-order valence-electron chi connectivity index (χ0n) is 20.3. The predicted molar refractivity (Wildman–Crippen MR) is 134 cm³/mol. The van der Waals surface area contributed by atoms with Gasteiger partial charge in [0, 0.05) is 37.0 Å². The lowest BCUT2D eigenvalue weighted by atomic mass is 10.1. The van der Waals surface area contributed by atoms with Gasteiger partial charge in [-0.05, 0) is 62.6 Å². The summed E-state index contributed by atoms with van der Waals surface area (Å²) in [5.41, 5.74) is 3.45. The minimum atomic E-state index is -0.551. The molecule has 2 aromatic heterocycles. The quantitative estimate of drug-likeness (QED) is 0.374. The van der Waals surface area contributed by atoms with Crippen molar-refractivity contribution in [3.05, 3.63) is 72.2 Å². The average Bonchev–Trinajstić information content (AvgIpc) is 3.52. The molecule has 1 aliphatic rings. The number of halogens is 1. The van der Waals surface area contributed by atoms with E-state index >= 15 is 0 Å². The minimum Gasteiger partial charge on any atom is -0.494 e. The van der Waals surface area contributed by atoms with Crippen LogP contribution in [0, 0.1) is 24.6 Å². The number of nitrogens with zero attached hydrogens (tertiary/aromatic N) is 4. The number of rotatable bonds is 5. The maximum Gasteiger partial charge on any atom is 0.298 e. The third-order valence-corrected chi connectivity index (χ3v) is 6.34. The number of aromatic nitrogens is 3. The topological polar surface area (TPSA) is 69.0 Å². The number of carbonyl (C=O) groups is 1. The lowest BCUT2D eigenvalue weighted by Gasteiger charge is -2.12. The van der Waals surface area contributed by atoms with Gasteiger partial charge in [-0.2, -0.15) is 4.39 Å². The van der Waals surface area contributed by atoms with Gasteiger partial charge in [-0.15, -0.1) is 0 Å². The highest BCUT2D eigenvalue weighted by molar-refractivity contribution is 5.93. The van der Waals surface area contributed by atoms with E-state index in [2.05, 4.69) is 21.2 Å². The van der Waals surface area contributed by atoms with E-state index in [-0.39, 0.29) is 23.3 Å². The van der Waals surface area contributed by atoms with Crippen LogP contribution in [0.4, 0.5) is 4.39 Å². The molecule has 7 nitrogen and oxygen atoms in total. The molecule has 3 heterocycles. The van der Waals surface area contributed by atoms with Gasteiger partial charge < -0.3 is 14.4 Å². The summed E-state index contributed by atoms with van der Waals surface area (Å²) < 4.78 is 27.3. The van der Waals surface area contributed by atoms with Gasteiger partial charge in [0.2, 0.25) is 5.82 Å². The van der Waals surface area contributed by atoms with Crippen molar-refractivity contribution in [3.63, 3.8) is 0 Å². The first-order valence-corrected chi connectivity index (χ1v) is 11.7. The van der Waals surface area contributed by atoms with Gasteiger partial charge >= 0.3 is 0 Å². The highest BCUT2D eigenvalue weighted by Gasteiger charge is 2.31. The van der Waals surface area contributed by atoms with Crippen LogP contribution in [-0.2, 0) is 4.79 Å². The van der Waals surface area contributed by atoms with E-state index in [1.807, 2.05) is 25.3 Å². The second-order valence-electron chi connectivity index (χ2n) is 8.56. The first-order valence-electron chi connectivity index (χ1n) is 11.7. The van der Waals surface area contributed by atoms with E-state index in [0.29, 0.717) is 18.8 Å². The van der Waals surface area contributed by atoms with Crippen LogP contribution in [0.15, 0.2) is 54.9 Å². The van der Waals surface area contributed by atoms with Crippen LogP contribution in [0.1, 0.15) is 30.8 Å². The zero-order valence-corrected chi connectivity index (χ0v) is 20.3. The van der Waals surface area contributed by atoms with Gasteiger partial charge in [0.25, 0.3) is 5.91 Å². The summed E-state index contributed by atoms with van der Waals surface area (Å²) in [5, 5.41) is 0. The summed E-state index contributed by atoms with van der Waals surface area (Å²) >= 11 is 0. The number of likely N-dealkylation sites (tertiary alicyclic amines) is 1. The van der Waals surface area contributed by atoms with E-state index in [9.17, 15) is 9.18 Å². The van der Waals surface area contributed by atoms with Crippen molar-refractivity contribution in [2.75, 3.05) is 20.2 Å². The monoisotopic (exact) mass is 484 g/mol. The summed E-state index contributed by atoms with van der Waals surface area (Å²) in [6.45, 7) is 4.85. The fourth-order valence-corrected chi connectivity index (χ4v) is 4.59. The SMILES string of the molecule is CC#CC(=O)N1CC[C@@H](c2nc(-c3ccc(Oc4cccc(OC)c4F)cc3)c3c(C)nccn23)C1. The molecular weight excluding hydrogens is 459 g/mol. The number of benzene rings is 2. The summed E-state index contributed by atoms with van der Waals surface area (Å²) in [5.74, 6) is 6.29. The number of hydrogen-bond acceptors (Lipinski definition) is 5. The smallest absolute Gasteiger partial charge is 0.298 e. The first kappa shape index (κ1) is 23.4. The van der Waals surface area contributed by atoms with Crippen LogP contribution in [-0.4, -0.2) is 45.4 Å². The number of methoxy groups -OCH3 is 1. The summed E-state index contributed by atoms with van der Waals surface area (Å²) in [6, 6.07) is 12.1. The third kappa shape index (κ3) is 4.24. The molecule has 4 aromatic rings. The zero-order chi connectivity index (χ0) is 25.2. The van der Waals surface area contributed by atoms with Gasteiger partial charge in [0.05, 0.1) is 24.0 Å². The molecule has 182 valence electrons. The highest BCUT2D eigenvalue weighted by Crippen LogP contribution is 2.35. The Kier molecular flexibility index (Phi) is 6.30. The van der Waals surface area contributed by atoms with Crippen molar-refractivity contribution in [1.29, 1.82) is 0 Å². The molecule has 0 aliphatic carbocycles. The number of carbonyl (C=O) groups excluding carboxylic acids is 1. The molecular formula is C28H25FN4O3. The molecule has 2 aromatic carbocycles. The molecule has 1 atom stereocenters. The Labute approximate surface area is 208 Å². The Balaban J connectivity index is 1.46. The largest absolute Gasteiger partial charge is 0.494 e. The van der Waals surface area contributed by atoms with Crippen molar-refractivity contribution in [1.82, 2.24) is 19.3 Å². The van der Waals surface area contributed by atoms with Gasteiger partial charge in [-0.1, -0.05) is 12.0 Å². The molecule has 1 saturated heterocycles. The molecule has 0 saturated carbocycles. The van der Waals surface area contributed by atoms with Gasteiger partial charge in [-0.25, -0.2) is 4.98 Å². The molecule has 5 rings (SSSR count). The Morgan fingerprint density at radius 1 is 1.17 bits per heavy atom. The van der Waals surface area contributed by atoms with Gasteiger partial charge in [0.1, 0.15) is 11.6 Å². The van der Waals surface area contributed by atoms with E-state index in [1.165, 1.54) is 7.11 Å². The average molecular weight is 485 g/mol. The lowest BCUT2D eigenvalue weighted by Crippen LogP contribution is -2.27. The van der Waals surface area contributed by atoms with E-state index in [4.69, 9.17) is 14.5 Å². The fourth-order valence-electron chi connectivity index (χ4n) is 4.59. The number of aryl methyl sites for hydroxylation is 1. The number of hydrogen-bond donors (Lipinski definition) is 0. The molecule has 0 spiro atoms. The maximum atomic E-state index is 14.5. The Bertz CT molecular complexity index is 1500. The van der Waals surface area contributed by atoms with E-state index in [0.717, 1.165) is 34.7 Å². The molecule has 1 amide bonds. The molecule has 1 fully saturated rings. The molecule has 1 aliphatic heterocycles. The molecule has 0 bridgehead atoms.